The summed E-state index contributed by atoms with van der Waals surface area (Å²) in [7, 11) is 1.56. The van der Waals surface area contributed by atoms with Crippen LogP contribution < -0.4 is 10.1 Å². The van der Waals surface area contributed by atoms with Gasteiger partial charge in [0.2, 0.25) is 11.8 Å². The quantitative estimate of drug-likeness (QED) is 0.425. The van der Waals surface area contributed by atoms with Crippen LogP contribution in [0.25, 0.3) is 22.6 Å². The molecule has 5 nitrogen and oxygen atoms in total. The maximum atomic E-state index is 12.3. The van der Waals surface area contributed by atoms with E-state index in [0.717, 1.165) is 11.1 Å². The fraction of sp³-hybridized carbons (Fsp3) is 0.0909. The van der Waals surface area contributed by atoms with Gasteiger partial charge in [0.15, 0.2) is 5.58 Å². The number of amides is 1. The Morgan fingerprint density at radius 2 is 1.86 bits per heavy atom. The molecule has 0 saturated carbocycles. The zero-order chi connectivity index (χ0) is 20.4. The van der Waals surface area contributed by atoms with Crippen molar-refractivity contribution in [1.29, 1.82) is 0 Å². The van der Waals surface area contributed by atoms with Crippen LogP contribution in [0.15, 0.2) is 65.1 Å². The zero-order valence-electron chi connectivity index (χ0n) is 15.4. The van der Waals surface area contributed by atoms with Gasteiger partial charge in [0, 0.05) is 16.3 Å². The van der Waals surface area contributed by atoms with Gasteiger partial charge in [-0.2, -0.15) is 0 Å². The molecule has 1 aromatic heterocycles. The average Bonchev–Trinajstić information content (AvgIpc) is 3.13. The van der Waals surface area contributed by atoms with Crippen molar-refractivity contribution in [1.82, 2.24) is 4.98 Å². The lowest BCUT2D eigenvalue weighted by atomic mass is 10.1. The first-order valence-corrected chi connectivity index (χ1v) is 9.56. The molecule has 4 aromatic rings. The first-order valence-electron chi connectivity index (χ1n) is 8.80. The zero-order valence-corrected chi connectivity index (χ0v) is 16.9. The van der Waals surface area contributed by atoms with Crippen molar-refractivity contribution in [2.24, 2.45) is 0 Å². The van der Waals surface area contributed by atoms with Crippen LogP contribution in [0.3, 0.4) is 0 Å². The number of methoxy groups -OCH3 is 1. The lowest BCUT2D eigenvalue weighted by Crippen LogP contribution is -2.14. The molecule has 0 radical (unpaired) electrons. The van der Waals surface area contributed by atoms with Gasteiger partial charge in [0.1, 0.15) is 11.3 Å². The number of nitrogens with one attached hydrogen (secondary N) is 1. The number of hydrogen-bond donors (Lipinski definition) is 1. The molecule has 0 atom stereocenters. The standard InChI is InChI=1S/C22H16Cl2N2O3/c1-28-19-8-4-14(11-17(19)24)22-26-18-12-16(7-9-20(18)29-22)25-21(27)10-13-2-5-15(23)6-3-13/h2-9,11-12H,10H2,1H3,(H,25,27). The van der Waals surface area contributed by atoms with Crippen LogP contribution in [0.4, 0.5) is 5.69 Å². The number of nitrogens with zero attached hydrogens (tertiary/aromatic N) is 1. The molecule has 1 heterocycles. The van der Waals surface area contributed by atoms with E-state index < -0.39 is 0 Å². The first-order chi connectivity index (χ1) is 14.0. The van der Waals surface area contributed by atoms with Crippen molar-refractivity contribution in [3.8, 4) is 17.2 Å². The van der Waals surface area contributed by atoms with Crippen LogP contribution in [-0.4, -0.2) is 18.0 Å². The Hall–Kier alpha value is -3.02. The van der Waals surface area contributed by atoms with E-state index in [1.54, 1.807) is 49.6 Å². The third kappa shape index (κ3) is 4.36. The highest BCUT2D eigenvalue weighted by atomic mass is 35.5. The number of aromatic nitrogens is 1. The van der Waals surface area contributed by atoms with Crippen molar-refractivity contribution in [3.05, 3.63) is 76.3 Å². The second kappa shape index (κ2) is 8.15. The van der Waals surface area contributed by atoms with E-state index in [4.69, 9.17) is 32.4 Å². The topological polar surface area (TPSA) is 64.4 Å². The number of oxazole rings is 1. The predicted octanol–water partition coefficient (Wildman–Crippen LogP) is 5.99. The summed E-state index contributed by atoms with van der Waals surface area (Å²) >= 11 is 12.1. The summed E-state index contributed by atoms with van der Waals surface area (Å²) < 4.78 is 11.0. The van der Waals surface area contributed by atoms with Crippen molar-refractivity contribution in [3.63, 3.8) is 0 Å². The highest BCUT2D eigenvalue weighted by Crippen LogP contribution is 2.32. The Morgan fingerprint density at radius 3 is 2.59 bits per heavy atom. The second-order valence-corrected chi connectivity index (χ2v) is 7.25. The molecule has 0 spiro atoms. The number of anilines is 1. The summed E-state index contributed by atoms with van der Waals surface area (Å²) in [6.07, 6.45) is 0.254. The van der Waals surface area contributed by atoms with Crippen molar-refractivity contribution >= 4 is 45.9 Å². The lowest BCUT2D eigenvalue weighted by molar-refractivity contribution is -0.115. The van der Waals surface area contributed by atoms with E-state index in [1.807, 2.05) is 18.2 Å². The number of ether oxygens (including phenoxy) is 1. The normalized spacial score (nSPS) is 10.9. The molecule has 0 aliphatic carbocycles. The van der Waals surface area contributed by atoms with Crippen LogP contribution in [0, 0.1) is 0 Å². The molecular formula is C22H16Cl2N2O3. The molecule has 0 aliphatic heterocycles. The SMILES string of the molecule is COc1ccc(-c2nc3cc(NC(=O)Cc4ccc(Cl)cc4)ccc3o2)cc1Cl. The second-order valence-electron chi connectivity index (χ2n) is 6.40. The number of halogens is 2. The maximum absolute atomic E-state index is 12.3. The minimum absolute atomic E-state index is 0.127. The summed E-state index contributed by atoms with van der Waals surface area (Å²) in [5.41, 5.74) is 3.51. The number of fused-ring (bicyclic) bond motifs is 1. The Labute approximate surface area is 177 Å². The number of hydrogen-bond acceptors (Lipinski definition) is 4. The van der Waals surface area contributed by atoms with Crippen molar-refractivity contribution in [2.45, 2.75) is 6.42 Å². The minimum atomic E-state index is -0.127. The summed E-state index contributed by atoms with van der Waals surface area (Å²) in [6.45, 7) is 0. The van der Waals surface area contributed by atoms with Gasteiger partial charge in [-0.05, 0) is 54.1 Å². The number of carbonyl (C=O) groups excluding carboxylic acids is 1. The smallest absolute Gasteiger partial charge is 0.228 e. The van der Waals surface area contributed by atoms with E-state index in [1.165, 1.54) is 0 Å². The van der Waals surface area contributed by atoms with Crippen LogP contribution in [-0.2, 0) is 11.2 Å². The van der Waals surface area contributed by atoms with Crippen molar-refractivity contribution in [2.75, 3.05) is 12.4 Å². The van der Waals surface area contributed by atoms with Crippen molar-refractivity contribution < 1.29 is 13.9 Å². The van der Waals surface area contributed by atoms with Gasteiger partial charge in [-0.1, -0.05) is 35.3 Å². The Morgan fingerprint density at radius 1 is 1.07 bits per heavy atom. The van der Waals surface area contributed by atoms with Gasteiger partial charge in [-0.25, -0.2) is 4.98 Å². The highest BCUT2D eigenvalue weighted by Gasteiger charge is 2.12. The van der Waals surface area contributed by atoms with Gasteiger partial charge in [0.25, 0.3) is 0 Å². The van der Waals surface area contributed by atoms with Gasteiger partial charge >= 0.3 is 0 Å². The predicted molar refractivity (Wildman–Crippen MR) is 115 cm³/mol. The molecule has 1 amide bonds. The molecule has 0 unspecified atom stereocenters. The third-order valence-corrected chi connectivity index (χ3v) is 4.90. The molecule has 7 heteroatoms. The van der Waals surface area contributed by atoms with E-state index >= 15 is 0 Å². The summed E-state index contributed by atoms with van der Waals surface area (Å²) in [5, 5.41) is 3.99. The molecule has 0 aliphatic rings. The minimum Gasteiger partial charge on any atom is -0.495 e. The van der Waals surface area contributed by atoms with E-state index in [-0.39, 0.29) is 12.3 Å². The Balaban J connectivity index is 1.53. The number of carbonyl (C=O) groups is 1. The average molecular weight is 427 g/mol. The lowest BCUT2D eigenvalue weighted by Gasteiger charge is -2.05. The van der Waals surface area contributed by atoms with Crippen LogP contribution in [0.2, 0.25) is 10.0 Å². The van der Waals surface area contributed by atoms with Crippen LogP contribution in [0.1, 0.15) is 5.56 Å². The molecule has 0 fully saturated rings. The highest BCUT2D eigenvalue weighted by molar-refractivity contribution is 6.32. The van der Waals surface area contributed by atoms with Gasteiger partial charge in [-0.3, -0.25) is 4.79 Å². The van der Waals surface area contributed by atoms with Gasteiger partial charge in [-0.15, -0.1) is 0 Å². The largest absolute Gasteiger partial charge is 0.495 e. The van der Waals surface area contributed by atoms with Gasteiger partial charge < -0.3 is 14.5 Å². The van der Waals surface area contributed by atoms with E-state index in [2.05, 4.69) is 10.3 Å². The fourth-order valence-electron chi connectivity index (χ4n) is 2.92. The monoisotopic (exact) mass is 426 g/mol. The summed E-state index contributed by atoms with van der Waals surface area (Å²) in [6, 6.07) is 17.8. The molecule has 4 rings (SSSR count). The Bertz CT molecular complexity index is 1190. The molecule has 3 aromatic carbocycles. The van der Waals surface area contributed by atoms with Gasteiger partial charge in [0.05, 0.1) is 18.6 Å². The molecule has 0 bridgehead atoms. The van der Waals surface area contributed by atoms with E-state index in [0.29, 0.717) is 38.5 Å². The fourth-order valence-corrected chi connectivity index (χ4v) is 3.30. The first kappa shape index (κ1) is 19.3. The third-order valence-electron chi connectivity index (χ3n) is 4.35. The molecule has 1 N–H and O–H groups in total. The van der Waals surface area contributed by atoms with E-state index in [9.17, 15) is 4.79 Å². The molecule has 146 valence electrons. The number of benzene rings is 3. The molecule has 29 heavy (non-hydrogen) atoms. The summed E-state index contributed by atoms with van der Waals surface area (Å²) in [4.78, 5) is 16.8. The van der Waals surface area contributed by atoms with Crippen LogP contribution >= 0.6 is 23.2 Å². The molecular weight excluding hydrogens is 411 g/mol. The summed E-state index contributed by atoms with van der Waals surface area (Å²) in [5.74, 6) is 0.892. The maximum Gasteiger partial charge on any atom is 0.228 e. The molecule has 0 saturated heterocycles. The van der Waals surface area contributed by atoms with Crippen LogP contribution in [0.5, 0.6) is 5.75 Å². The Kier molecular flexibility index (Phi) is 5.43. The number of rotatable bonds is 5.